The van der Waals surface area contributed by atoms with Gasteiger partial charge in [0.1, 0.15) is 18.5 Å². The van der Waals surface area contributed by atoms with E-state index in [2.05, 4.69) is 186 Å². The van der Waals surface area contributed by atoms with Crippen LogP contribution in [-0.2, 0) is 0 Å². The molecule has 3 heteroatoms. The van der Waals surface area contributed by atoms with Crippen molar-refractivity contribution in [2.45, 2.75) is 18.5 Å². The van der Waals surface area contributed by atoms with E-state index in [4.69, 9.17) is 0 Å². The van der Waals surface area contributed by atoms with Gasteiger partial charge >= 0.3 is 0 Å². The van der Waals surface area contributed by atoms with Gasteiger partial charge in [0.05, 0.1) is 0 Å². The van der Waals surface area contributed by atoms with Crippen molar-refractivity contribution in [3.8, 4) is 11.1 Å². The first-order chi connectivity index (χ1) is 23.2. The summed E-state index contributed by atoms with van der Waals surface area (Å²) in [6.07, 6.45) is 0.557. The molecule has 2 aliphatic rings. The number of benzene rings is 8. The van der Waals surface area contributed by atoms with Crippen LogP contribution < -0.4 is 0 Å². The normalized spacial score (nSPS) is 22.3. The summed E-state index contributed by atoms with van der Waals surface area (Å²) in [5.74, 6) is 0. The summed E-state index contributed by atoms with van der Waals surface area (Å²) >= 11 is 0. The molecule has 0 aliphatic carbocycles. The predicted octanol–water partition coefficient (Wildman–Crippen LogP) is 10.8. The number of nitrogens with zero attached hydrogens (tertiary/aromatic N) is 3. The molecule has 2 saturated heterocycles. The number of hydrazine groups is 1. The molecule has 4 unspecified atom stereocenters. The zero-order chi connectivity index (χ0) is 31.1. The molecule has 8 aromatic rings. The second kappa shape index (κ2) is 10.3. The van der Waals surface area contributed by atoms with Gasteiger partial charge < -0.3 is 0 Å². The van der Waals surface area contributed by atoms with Crippen LogP contribution in [0.1, 0.15) is 35.2 Å². The molecule has 2 aliphatic heterocycles. The molecule has 0 aromatic heterocycles. The monoisotopic (exact) mass is 603 g/mol. The van der Waals surface area contributed by atoms with Crippen LogP contribution in [0.15, 0.2) is 164 Å². The minimum atomic E-state index is 0.173. The van der Waals surface area contributed by atoms with E-state index in [1.807, 2.05) is 0 Å². The van der Waals surface area contributed by atoms with Crippen LogP contribution in [0.2, 0.25) is 0 Å². The molecule has 3 nitrogen and oxygen atoms in total. The van der Waals surface area contributed by atoms with Crippen molar-refractivity contribution < 1.29 is 0 Å². The van der Waals surface area contributed by atoms with Gasteiger partial charge in [-0.05, 0) is 96.2 Å². The van der Waals surface area contributed by atoms with E-state index >= 15 is 0 Å². The number of fused-ring (bicyclic) bond motifs is 7. The smallest absolute Gasteiger partial charge is 0.119 e. The lowest BCUT2D eigenvalue weighted by atomic mass is 9.89. The van der Waals surface area contributed by atoms with Crippen molar-refractivity contribution in [2.24, 2.45) is 0 Å². The van der Waals surface area contributed by atoms with Crippen molar-refractivity contribution in [3.63, 3.8) is 0 Å². The van der Waals surface area contributed by atoms with E-state index in [0.717, 1.165) is 0 Å². The Hall–Kier alpha value is -5.32. The first-order valence-electron chi connectivity index (χ1n) is 16.5. The fourth-order valence-corrected chi connectivity index (χ4v) is 8.26. The molecule has 8 aromatic carbocycles. The van der Waals surface area contributed by atoms with Gasteiger partial charge in [0.15, 0.2) is 0 Å². The van der Waals surface area contributed by atoms with E-state index in [1.165, 1.54) is 70.9 Å². The molecule has 0 N–H and O–H groups in total. The van der Waals surface area contributed by atoms with Gasteiger partial charge in [-0.3, -0.25) is 4.90 Å². The Kier molecular flexibility index (Phi) is 5.91. The van der Waals surface area contributed by atoms with Crippen LogP contribution in [0.5, 0.6) is 0 Å². The molecule has 0 saturated carbocycles. The molecular weight excluding hydrogens is 571 g/mol. The summed E-state index contributed by atoms with van der Waals surface area (Å²) in [5, 5.41) is 15.4. The minimum absolute atomic E-state index is 0.173. The van der Waals surface area contributed by atoms with Crippen molar-refractivity contribution in [3.05, 3.63) is 180 Å². The van der Waals surface area contributed by atoms with Gasteiger partial charge in [0, 0.05) is 0 Å². The van der Waals surface area contributed by atoms with Gasteiger partial charge in [-0.1, -0.05) is 146 Å². The third-order valence-electron chi connectivity index (χ3n) is 10.4. The number of rotatable bonds is 4. The highest BCUT2D eigenvalue weighted by Crippen LogP contribution is 2.61. The molecule has 0 amide bonds. The lowest BCUT2D eigenvalue weighted by Gasteiger charge is -2.30. The summed E-state index contributed by atoms with van der Waals surface area (Å²) in [6.45, 7) is 0. The zero-order valence-electron chi connectivity index (χ0n) is 26.2. The van der Waals surface area contributed by atoms with E-state index in [0.29, 0.717) is 0 Å². The van der Waals surface area contributed by atoms with Crippen LogP contribution in [0, 0.1) is 0 Å². The van der Waals surface area contributed by atoms with E-state index in [9.17, 15) is 0 Å². The van der Waals surface area contributed by atoms with Crippen molar-refractivity contribution in [2.75, 3.05) is 7.05 Å². The number of hydrogen-bond acceptors (Lipinski definition) is 3. The highest BCUT2D eigenvalue weighted by Gasteiger charge is 2.63. The Balaban J connectivity index is 1.10. The van der Waals surface area contributed by atoms with E-state index < -0.39 is 0 Å². The van der Waals surface area contributed by atoms with Crippen LogP contribution in [-0.4, -0.2) is 22.0 Å². The lowest BCUT2D eigenvalue weighted by Crippen LogP contribution is -2.30. The Morgan fingerprint density at radius 3 is 1.66 bits per heavy atom. The summed E-state index contributed by atoms with van der Waals surface area (Å²) in [7, 11) is 2.25. The molecule has 4 atom stereocenters. The van der Waals surface area contributed by atoms with Crippen molar-refractivity contribution in [1.82, 2.24) is 14.9 Å². The Morgan fingerprint density at radius 1 is 0.383 bits per heavy atom. The molecular formula is C44H33N3. The first-order valence-corrected chi connectivity index (χ1v) is 16.5. The average molecular weight is 604 g/mol. The van der Waals surface area contributed by atoms with Crippen LogP contribution in [0.3, 0.4) is 0 Å². The van der Waals surface area contributed by atoms with Gasteiger partial charge in [0.25, 0.3) is 0 Å². The average Bonchev–Trinajstić information content (AvgIpc) is 3.76. The molecule has 47 heavy (non-hydrogen) atoms. The Bertz CT molecular complexity index is 2400. The third kappa shape index (κ3) is 4.11. The minimum Gasteiger partial charge on any atom is -0.265 e. The highest BCUT2D eigenvalue weighted by molar-refractivity contribution is 6.24. The topological polar surface area (TPSA) is 9.26 Å². The predicted molar refractivity (Wildman–Crippen MR) is 194 cm³/mol. The molecule has 0 bridgehead atoms. The quantitative estimate of drug-likeness (QED) is 0.146. The number of hydrogen-bond donors (Lipinski definition) is 0. The SMILES string of the molecule is CN1C(c2ccccc2)N2C(c3ccc4ccc(-c5cc6ccccc6c6c5ccc5ccccc56)cc4c3)N2C1c1ccccc1. The summed E-state index contributed by atoms with van der Waals surface area (Å²) < 4.78 is 0. The van der Waals surface area contributed by atoms with Crippen LogP contribution in [0.25, 0.3) is 54.2 Å². The summed E-state index contributed by atoms with van der Waals surface area (Å²) in [6, 6.07) is 60.4. The maximum absolute atomic E-state index is 2.56. The summed E-state index contributed by atoms with van der Waals surface area (Å²) in [4.78, 5) is 2.49. The fourth-order valence-electron chi connectivity index (χ4n) is 8.26. The summed E-state index contributed by atoms with van der Waals surface area (Å²) in [5.41, 5.74) is 6.50. The largest absolute Gasteiger partial charge is 0.265 e. The molecule has 2 heterocycles. The maximum atomic E-state index is 2.56. The molecule has 2 fully saturated rings. The Labute approximate surface area is 274 Å². The van der Waals surface area contributed by atoms with Crippen molar-refractivity contribution >= 4 is 43.1 Å². The highest BCUT2D eigenvalue weighted by atomic mass is 16.0. The first kappa shape index (κ1) is 26.9. The van der Waals surface area contributed by atoms with Crippen LogP contribution >= 0.6 is 0 Å². The second-order valence-electron chi connectivity index (χ2n) is 13.0. The van der Waals surface area contributed by atoms with Gasteiger partial charge in [0.2, 0.25) is 0 Å². The standard InChI is InChI=1S/C44H33N3/c1-45-42(31-13-4-2-5-14-31)46-44(47(46)43(45)32-15-6-3-7-16-32)35-23-21-29-20-22-34(26-36(29)27-35)40-28-33-17-9-11-19-38(33)41-37-18-10-8-12-30(37)24-25-39(40)41/h2-28,42-44H,1H3. The fraction of sp³-hybridized carbons (Fsp3) is 0.0909. The zero-order valence-corrected chi connectivity index (χ0v) is 26.2. The van der Waals surface area contributed by atoms with Crippen LogP contribution in [0.4, 0.5) is 0 Å². The van der Waals surface area contributed by atoms with Gasteiger partial charge in [-0.15, -0.1) is 0 Å². The maximum Gasteiger partial charge on any atom is 0.119 e. The molecule has 10 rings (SSSR count). The molecule has 0 spiro atoms. The Morgan fingerprint density at radius 2 is 0.957 bits per heavy atom. The van der Waals surface area contributed by atoms with E-state index in [-0.39, 0.29) is 18.5 Å². The van der Waals surface area contributed by atoms with Gasteiger partial charge in [-0.25, -0.2) is 0 Å². The lowest BCUT2D eigenvalue weighted by molar-refractivity contribution is 0.144. The van der Waals surface area contributed by atoms with Crippen molar-refractivity contribution in [1.29, 1.82) is 0 Å². The molecule has 224 valence electrons. The second-order valence-corrected chi connectivity index (χ2v) is 13.0. The van der Waals surface area contributed by atoms with Gasteiger partial charge in [-0.2, -0.15) is 10.0 Å². The third-order valence-corrected chi connectivity index (χ3v) is 10.4. The molecule has 0 radical (unpaired) electrons. The van der Waals surface area contributed by atoms with E-state index in [1.54, 1.807) is 0 Å².